The number of benzene rings is 1. The Morgan fingerprint density at radius 1 is 1.43 bits per heavy atom. The normalized spacial score (nSPS) is 12.1. The summed E-state index contributed by atoms with van der Waals surface area (Å²) in [5, 5.41) is 9.09. The first-order chi connectivity index (χ1) is 9.66. The second-order valence-corrected chi connectivity index (χ2v) is 7.93. The molecule has 21 heavy (non-hydrogen) atoms. The predicted molar refractivity (Wildman–Crippen MR) is 85.0 cm³/mol. The highest BCUT2D eigenvalue weighted by Gasteiger charge is 2.27. The second kappa shape index (κ2) is 7.58. The van der Waals surface area contributed by atoms with E-state index in [-0.39, 0.29) is 30.3 Å². The first kappa shape index (κ1) is 18.4. The van der Waals surface area contributed by atoms with Crippen LogP contribution in [0, 0.1) is 0 Å². The van der Waals surface area contributed by atoms with Crippen LogP contribution in [0.3, 0.4) is 0 Å². The van der Waals surface area contributed by atoms with Crippen molar-refractivity contribution < 1.29 is 18.3 Å². The zero-order chi connectivity index (χ0) is 16.2. The number of carboxylic acid groups (broad SMARTS) is 1. The highest BCUT2D eigenvalue weighted by atomic mass is 79.9. The lowest BCUT2D eigenvalue weighted by Gasteiger charge is -2.25. The maximum Gasteiger partial charge on any atom is 0.303 e. The van der Waals surface area contributed by atoms with E-state index >= 15 is 0 Å². The summed E-state index contributed by atoms with van der Waals surface area (Å²) >= 11 is 9.07. The van der Waals surface area contributed by atoms with Crippen LogP contribution in [0.2, 0.25) is 5.02 Å². The van der Waals surface area contributed by atoms with Crippen LogP contribution in [0.25, 0.3) is 0 Å². The Kier molecular flexibility index (Phi) is 6.65. The summed E-state index contributed by atoms with van der Waals surface area (Å²) in [7, 11) is -3.69. The van der Waals surface area contributed by atoms with Crippen molar-refractivity contribution in [3.8, 4) is 0 Å². The topological polar surface area (TPSA) is 74.7 Å². The molecule has 0 aliphatic rings. The van der Waals surface area contributed by atoms with Gasteiger partial charge in [-0.25, -0.2) is 8.42 Å². The fourth-order valence-electron chi connectivity index (χ4n) is 1.81. The molecule has 1 aromatic carbocycles. The zero-order valence-corrected chi connectivity index (χ0v) is 14.9. The molecule has 0 heterocycles. The molecule has 5 nitrogen and oxygen atoms in total. The largest absolute Gasteiger partial charge is 0.481 e. The number of sulfonamides is 1. The Morgan fingerprint density at radius 2 is 2.05 bits per heavy atom. The quantitative estimate of drug-likeness (QED) is 0.764. The van der Waals surface area contributed by atoms with Crippen molar-refractivity contribution in [1.29, 1.82) is 0 Å². The van der Waals surface area contributed by atoms with Gasteiger partial charge in [-0.3, -0.25) is 4.79 Å². The molecule has 0 aliphatic heterocycles. The zero-order valence-electron chi connectivity index (χ0n) is 11.7. The predicted octanol–water partition coefficient (Wildman–Crippen LogP) is 3.37. The Hall–Kier alpha value is -0.630. The van der Waals surface area contributed by atoms with Crippen LogP contribution in [0.4, 0.5) is 0 Å². The minimum absolute atomic E-state index is 0.0664. The summed E-state index contributed by atoms with van der Waals surface area (Å²) in [6.45, 7) is 3.67. The monoisotopic (exact) mass is 397 g/mol. The van der Waals surface area contributed by atoms with Crippen LogP contribution in [0.15, 0.2) is 27.6 Å². The summed E-state index contributed by atoms with van der Waals surface area (Å²) in [6, 6.07) is 4.13. The van der Waals surface area contributed by atoms with Gasteiger partial charge in [0.2, 0.25) is 10.0 Å². The van der Waals surface area contributed by atoms with Gasteiger partial charge in [0.15, 0.2) is 0 Å². The molecule has 0 saturated heterocycles. The highest BCUT2D eigenvalue weighted by molar-refractivity contribution is 9.10. The van der Waals surface area contributed by atoms with E-state index in [0.29, 0.717) is 9.50 Å². The van der Waals surface area contributed by atoms with Crippen LogP contribution in [-0.2, 0) is 14.8 Å². The Labute approximate surface area is 138 Å². The van der Waals surface area contributed by atoms with E-state index in [1.807, 2.05) is 0 Å². The van der Waals surface area contributed by atoms with Crippen molar-refractivity contribution in [3.63, 3.8) is 0 Å². The van der Waals surface area contributed by atoms with Gasteiger partial charge in [-0.15, -0.1) is 0 Å². The second-order valence-electron chi connectivity index (χ2n) is 4.78. The van der Waals surface area contributed by atoms with Crippen molar-refractivity contribution >= 4 is 43.5 Å². The van der Waals surface area contributed by atoms with E-state index in [1.165, 1.54) is 22.5 Å². The number of carboxylic acids is 1. The SMILES string of the molecule is CC(C)N(CCCC(=O)O)S(=O)(=O)c1ccc(Cl)c(Br)c1. The van der Waals surface area contributed by atoms with E-state index in [0.717, 1.165) is 0 Å². The molecular weight excluding hydrogens is 382 g/mol. The summed E-state index contributed by atoms with van der Waals surface area (Å²) in [6.07, 6.45) is 0.199. The van der Waals surface area contributed by atoms with Crippen molar-refractivity contribution in [2.24, 2.45) is 0 Å². The fraction of sp³-hybridized carbons (Fsp3) is 0.462. The van der Waals surface area contributed by atoms with Gasteiger partial charge in [0.25, 0.3) is 0 Å². The molecule has 0 aliphatic carbocycles. The molecular formula is C13H17BrClNO4S. The third-order valence-corrected chi connectivity index (χ3v) is 6.13. The number of hydrogen-bond donors (Lipinski definition) is 1. The molecule has 0 amide bonds. The van der Waals surface area contributed by atoms with Gasteiger partial charge < -0.3 is 5.11 Å². The lowest BCUT2D eigenvalue weighted by molar-refractivity contribution is -0.137. The van der Waals surface area contributed by atoms with E-state index in [9.17, 15) is 13.2 Å². The maximum absolute atomic E-state index is 12.6. The highest BCUT2D eigenvalue weighted by Crippen LogP contribution is 2.27. The number of hydrogen-bond acceptors (Lipinski definition) is 3. The van der Waals surface area contributed by atoms with Crippen molar-refractivity contribution in [1.82, 2.24) is 4.31 Å². The molecule has 0 unspecified atom stereocenters. The maximum atomic E-state index is 12.6. The van der Waals surface area contributed by atoms with E-state index < -0.39 is 16.0 Å². The van der Waals surface area contributed by atoms with Gasteiger partial charge in [0.1, 0.15) is 0 Å². The number of rotatable bonds is 7. The molecule has 0 fully saturated rings. The Bertz CT molecular complexity index is 619. The van der Waals surface area contributed by atoms with E-state index in [1.54, 1.807) is 13.8 Å². The molecule has 1 N–H and O–H groups in total. The average Bonchev–Trinajstić information content (AvgIpc) is 2.36. The summed E-state index contributed by atoms with van der Waals surface area (Å²) in [5.74, 6) is -0.939. The molecule has 118 valence electrons. The van der Waals surface area contributed by atoms with Crippen LogP contribution < -0.4 is 0 Å². The fourth-order valence-corrected chi connectivity index (χ4v) is 4.16. The minimum Gasteiger partial charge on any atom is -0.481 e. The molecule has 0 atom stereocenters. The van der Waals surface area contributed by atoms with Gasteiger partial charge in [0.05, 0.1) is 9.92 Å². The molecule has 0 radical (unpaired) electrons. The van der Waals surface area contributed by atoms with Crippen LogP contribution in [0.5, 0.6) is 0 Å². The van der Waals surface area contributed by atoms with Crippen LogP contribution >= 0.6 is 27.5 Å². The standard InChI is InChI=1S/C13H17BrClNO4S/c1-9(2)16(7-3-4-13(17)18)21(19,20)10-5-6-12(15)11(14)8-10/h5-6,8-9H,3-4,7H2,1-2H3,(H,17,18). The molecule has 0 spiro atoms. The number of halogens is 2. The van der Waals surface area contributed by atoms with Crippen LogP contribution in [-0.4, -0.2) is 36.4 Å². The summed E-state index contributed by atoms with van der Waals surface area (Å²) in [5.41, 5.74) is 0. The third-order valence-electron chi connectivity index (χ3n) is 2.84. The smallest absolute Gasteiger partial charge is 0.303 e. The number of carbonyl (C=O) groups is 1. The molecule has 1 aromatic rings. The minimum atomic E-state index is -3.69. The summed E-state index contributed by atoms with van der Waals surface area (Å²) < 4.78 is 27.1. The van der Waals surface area contributed by atoms with E-state index in [4.69, 9.17) is 16.7 Å². The van der Waals surface area contributed by atoms with Gasteiger partial charge in [0, 0.05) is 23.5 Å². The first-order valence-corrected chi connectivity index (χ1v) is 8.96. The summed E-state index contributed by atoms with van der Waals surface area (Å²) in [4.78, 5) is 10.7. The Balaban J connectivity index is 3.04. The first-order valence-electron chi connectivity index (χ1n) is 6.35. The van der Waals surface area contributed by atoms with Crippen molar-refractivity contribution in [2.45, 2.75) is 37.6 Å². The lowest BCUT2D eigenvalue weighted by Crippen LogP contribution is -2.37. The average molecular weight is 399 g/mol. The van der Waals surface area contributed by atoms with Crippen molar-refractivity contribution in [2.75, 3.05) is 6.54 Å². The molecule has 1 rings (SSSR count). The molecule has 0 aromatic heterocycles. The molecule has 8 heteroatoms. The number of aliphatic carboxylic acids is 1. The molecule has 0 saturated carbocycles. The van der Waals surface area contributed by atoms with Gasteiger partial charge in [-0.1, -0.05) is 11.6 Å². The molecule has 0 bridgehead atoms. The Morgan fingerprint density at radius 3 is 2.52 bits per heavy atom. The van der Waals surface area contributed by atoms with Gasteiger partial charge in [-0.05, 0) is 54.4 Å². The van der Waals surface area contributed by atoms with Gasteiger partial charge >= 0.3 is 5.97 Å². The van der Waals surface area contributed by atoms with Crippen LogP contribution in [0.1, 0.15) is 26.7 Å². The lowest BCUT2D eigenvalue weighted by atomic mass is 10.3. The van der Waals surface area contributed by atoms with E-state index in [2.05, 4.69) is 15.9 Å². The van der Waals surface area contributed by atoms with Crippen molar-refractivity contribution in [3.05, 3.63) is 27.7 Å². The van der Waals surface area contributed by atoms with Gasteiger partial charge in [-0.2, -0.15) is 4.31 Å². The number of nitrogens with zero attached hydrogens (tertiary/aromatic N) is 1. The third kappa shape index (κ3) is 4.95.